The fourth-order valence-electron chi connectivity index (χ4n) is 3.18. The summed E-state index contributed by atoms with van der Waals surface area (Å²) >= 11 is 2.36. The van der Waals surface area contributed by atoms with Gasteiger partial charge < -0.3 is 4.74 Å². The fourth-order valence-corrected chi connectivity index (χ4v) is 3.89. The largest absolute Gasteiger partial charge is 0.460 e. The van der Waals surface area contributed by atoms with Gasteiger partial charge in [-0.15, -0.1) is 0 Å². The highest BCUT2D eigenvalue weighted by atomic mass is 127. The summed E-state index contributed by atoms with van der Waals surface area (Å²) in [5.74, 6) is 0.241. The number of esters is 1. The Labute approximate surface area is 162 Å². The third-order valence-corrected chi connectivity index (χ3v) is 5.51. The van der Waals surface area contributed by atoms with Crippen LogP contribution in [0.4, 0.5) is 0 Å². The van der Waals surface area contributed by atoms with Crippen molar-refractivity contribution >= 4 is 28.6 Å². The number of rotatable bonds is 4. The van der Waals surface area contributed by atoms with E-state index in [9.17, 15) is 4.79 Å². The van der Waals surface area contributed by atoms with Crippen LogP contribution in [0.25, 0.3) is 11.3 Å². The van der Waals surface area contributed by atoms with Crippen molar-refractivity contribution in [3.8, 4) is 11.3 Å². The molecule has 5 heteroatoms. The summed E-state index contributed by atoms with van der Waals surface area (Å²) in [4.78, 5) is 12.2. The van der Waals surface area contributed by atoms with Crippen LogP contribution < -0.4 is 0 Å². The molecule has 0 radical (unpaired) electrons. The maximum absolute atomic E-state index is 12.2. The predicted molar refractivity (Wildman–Crippen MR) is 105 cm³/mol. The third-order valence-electron chi connectivity index (χ3n) is 4.72. The molecule has 2 aliphatic carbocycles. The first-order valence-corrected chi connectivity index (χ1v) is 9.97. The number of carbonyl (C=O) groups excluding carboxylic acids is 1. The number of carbonyl (C=O) groups is 1. The molecule has 1 aromatic carbocycles. The second kappa shape index (κ2) is 6.11. The number of hydrogen-bond donors (Lipinski definition) is 0. The number of ether oxygens (including phenoxy) is 1. The SMILES string of the molecule is CC(C)(C)OC(=O)C1CC1c1ccc(-c2nn(C3CC3)cc2I)cc1. The van der Waals surface area contributed by atoms with Gasteiger partial charge in [-0.05, 0) is 74.1 Å². The standard InChI is InChI=1S/C20H23IN2O2/c1-20(2,3)25-19(24)16-10-15(16)12-4-6-13(7-5-12)18-17(21)11-23(22-18)14-8-9-14/h4-7,11,14-16H,8-10H2,1-3H3. The van der Waals surface area contributed by atoms with Crippen LogP contribution in [0.2, 0.25) is 0 Å². The van der Waals surface area contributed by atoms with E-state index in [0.29, 0.717) is 12.0 Å². The minimum absolute atomic E-state index is 0.0132. The first-order valence-electron chi connectivity index (χ1n) is 8.90. The highest BCUT2D eigenvalue weighted by Gasteiger charge is 2.46. The van der Waals surface area contributed by atoms with E-state index < -0.39 is 5.60 Å². The molecule has 2 unspecified atom stereocenters. The Morgan fingerprint density at radius 2 is 1.92 bits per heavy atom. The maximum Gasteiger partial charge on any atom is 0.310 e. The molecule has 2 fully saturated rings. The monoisotopic (exact) mass is 450 g/mol. The van der Waals surface area contributed by atoms with Crippen LogP contribution in [0.3, 0.4) is 0 Å². The van der Waals surface area contributed by atoms with Crippen LogP contribution in [0.5, 0.6) is 0 Å². The second-order valence-electron chi connectivity index (χ2n) is 8.14. The molecule has 1 heterocycles. The van der Waals surface area contributed by atoms with Crippen molar-refractivity contribution in [1.29, 1.82) is 0 Å². The summed E-state index contributed by atoms with van der Waals surface area (Å²) in [6.07, 6.45) is 5.51. The first kappa shape index (κ1) is 17.1. The molecule has 2 saturated carbocycles. The molecular formula is C20H23IN2O2. The molecule has 2 aliphatic rings. The predicted octanol–water partition coefficient (Wildman–Crippen LogP) is 4.93. The quantitative estimate of drug-likeness (QED) is 0.490. The minimum Gasteiger partial charge on any atom is -0.460 e. The van der Waals surface area contributed by atoms with E-state index >= 15 is 0 Å². The van der Waals surface area contributed by atoms with Gasteiger partial charge in [0, 0.05) is 11.8 Å². The van der Waals surface area contributed by atoms with Crippen molar-refractivity contribution in [2.75, 3.05) is 0 Å². The number of nitrogens with zero attached hydrogens (tertiary/aromatic N) is 2. The van der Waals surface area contributed by atoms with E-state index in [1.54, 1.807) is 0 Å². The van der Waals surface area contributed by atoms with E-state index in [4.69, 9.17) is 9.84 Å². The Hall–Kier alpha value is -1.37. The summed E-state index contributed by atoms with van der Waals surface area (Å²) in [5, 5.41) is 4.75. The highest BCUT2D eigenvalue weighted by molar-refractivity contribution is 14.1. The molecular weight excluding hydrogens is 427 g/mol. The summed E-state index contributed by atoms with van der Waals surface area (Å²) < 4.78 is 8.79. The molecule has 0 bridgehead atoms. The summed E-state index contributed by atoms with van der Waals surface area (Å²) in [5.41, 5.74) is 3.00. The summed E-state index contributed by atoms with van der Waals surface area (Å²) in [6.45, 7) is 5.75. The van der Waals surface area contributed by atoms with E-state index in [1.165, 1.54) is 22.0 Å². The van der Waals surface area contributed by atoms with Gasteiger partial charge in [-0.25, -0.2) is 0 Å². The van der Waals surface area contributed by atoms with Crippen molar-refractivity contribution in [3.05, 3.63) is 39.6 Å². The smallest absolute Gasteiger partial charge is 0.310 e. The second-order valence-corrected chi connectivity index (χ2v) is 9.30. The number of hydrogen-bond acceptors (Lipinski definition) is 3. The van der Waals surface area contributed by atoms with Crippen molar-refractivity contribution in [3.63, 3.8) is 0 Å². The van der Waals surface area contributed by atoms with E-state index in [-0.39, 0.29) is 11.9 Å². The van der Waals surface area contributed by atoms with Gasteiger partial charge >= 0.3 is 5.97 Å². The zero-order chi connectivity index (χ0) is 17.8. The van der Waals surface area contributed by atoms with Crippen LogP contribution in [0, 0.1) is 9.49 Å². The van der Waals surface area contributed by atoms with Crippen molar-refractivity contribution < 1.29 is 9.53 Å². The van der Waals surface area contributed by atoms with Gasteiger partial charge in [0.25, 0.3) is 0 Å². The van der Waals surface area contributed by atoms with Gasteiger partial charge in [-0.1, -0.05) is 24.3 Å². The highest BCUT2D eigenvalue weighted by Crippen LogP contribution is 2.49. The number of aromatic nitrogens is 2. The summed E-state index contributed by atoms with van der Waals surface area (Å²) in [6, 6.07) is 9.12. The number of halogens is 1. The lowest BCUT2D eigenvalue weighted by atomic mass is 10.0. The number of benzene rings is 1. The molecule has 25 heavy (non-hydrogen) atoms. The van der Waals surface area contributed by atoms with Crippen molar-refractivity contribution in [2.24, 2.45) is 5.92 Å². The van der Waals surface area contributed by atoms with Gasteiger partial charge in [0.1, 0.15) is 11.3 Å². The molecule has 2 aromatic rings. The van der Waals surface area contributed by atoms with Gasteiger partial charge in [0.05, 0.1) is 15.5 Å². The maximum atomic E-state index is 12.2. The average Bonchev–Trinajstić information content (AvgIpc) is 3.43. The van der Waals surface area contributed by atoms with E-state index in [1.807, 2.05) is 20.8 Å². The molecule has 4 rings (SSSR count). The molecule has 0 saturated heterocycles. The Morgan fingerprint density at radius 1 is 1.24 bits per heavy atom. The minimum atomic E-state index is -0.412. The zero-order valence-corrected chi connectivity index (χ0v) is 17.0. The van der Waals surface area contributed by atoms with Crippen LogP contribution in [0.1, 0.15) is 57.6 Å². The topological polar surface area (TPSA) is 44.1 Å². The van der Waals surface area contributed by atoms with Crippen LogP contribution in [0.15, 0.2) is 30.5 Å². The van der Waals surface area contributed by atoms with Crippen LogP contribution in [-0.2, 0) is 9.53 Å². The van der Waals surface area contributed by atoms with E-state index in [0.717, 1.165) is 17.7 Å². The third kappa shape index (κ3) is 3.76. The first-order chi connectivity index (χ1) is 11.8. The average molecular weight is 450 g/mol. The lowest BCUT2D eigenvalue weighted by molar-refractivity contribution is -0.156. The molecule has 0 amide bonds. The molecule has 0 aliphatic heterocycles. The van der Waals surface area contributed by atoms with Gasteiger partial charge in [-0.3, -0.25) is 9.48 Å². The molecule has 1 aromatic heterocycles. The molecule has 132 valence electrons. The Balaban J connectivity index is 1.45. The Bertz CT molecular complexity index is 800. The normalized spacial score (nSPS) is 22.7. The molecule has 4 nitrogen and oxygen atoms in total. The molecule has 0 N–H and O–H groups in total. The van der Waals surface area contributed by atoms with Gasteiger partial charge in [0.15, 0.2) is 0 Å². The zero-order valence-electron chi connectivity index (χ0n) is 14.8. The Morgan fingerprint density at radius 3 is 2.52 bits per heavy atom. The molecule has 2 atom stereocenters. The summed E-state index contributed by atoms with van der Waals surface area (Å²) in [7, 11) is 0. The lowest BCUT2D eigenvalue weighted by Gasteiger charge is -2.19. The van der Waals surface area contributed by atoms with Crippen molar-refractivity contribution in [2.45, 2.75) is 57.6 Å². The van der Waals surface area contributed by atoms with Gasteiger partial charge in [-0.2, -0.15) is 5.10 Å². The van der Waals surface area contributed by atoms with Crippen LogP contribution in [-0.4, -0.2) is 21.4 Å². The fraction of sp³-hybridized carbons (Fsp3) is 0.500. The molecule has 0 spiro atoms. The van der Waals surface area contributed by atoms with Gasteiger partial charge in [0.2, 0.25) is 0 Å². The van der Waals surface area contributed by atoms with Crippen molar-refractivity contribution in [1.82, 2.24) is 9.78 Å². The Kier molecular flexibility index (Phi) is 4.17. The van der Waals surface area contributed by atoms with E-state index in [2.05, 4.69) is 57.7 Å². The van der Waals surface area contributed by atoms with Crippen LogP contribution >= 0.6 is 22.6 Å². The lowest BCUT2D eigenvalue weighted by Crippen LogP contribution is -2.25.